The normalized spacial score (nSPS) is 11.2. The standard InChI is InChI=1S/C27H24N6O/c1-18-15-26(32-33(18)2)27(34)29-21-10-6-9-20(16-21)28-22-12-13-23-24(30-31-25(23)17-22)14-11-19-7-4-3-5-8-19/h3-17,28H,1-2H3,(H,29,34)(H,30,31)/b14-11+. The highest BCUT2D eigenvalue weighted by atomic mass is 16.1. The summed E-state index contributed by atoms with van der Waals surface area (Å²) in [5, 5.41) is 19.1. The Balaban J connectivity index is 1.30. The predicted octanol–water partition coefficient (Wildman–Crippen LogP) is 5.77. The number of aromatic amines is 1. The zero-order chi connectivity index (χ0) is 23.5. The minimum atomic E-state index is -0.240. The summed E-state index contributed by atoms with van der Waals surface area (Å²) in [5.74, 6) is -0.240. The van der Waals surface area contributed by atoms with Crippen molar-refractivity contribution in [2.75, 3.05) is 10.6 Å². The van der Waals surface area contributed by atoms with E-state index in [1.807, 2.05) is 86.8 Å². The molecule has 0 atom stereocenters. The van der Waals surface area contributed by atoms with Crippen LogP contribution in [0.4, 0.5) is 17.1 Å². The summed E-state index contributed by atoms with van der Waals surface area (Å²) in [6.07, 6.45) is 4.06. The van der Waals surface area contributed by atoms with Crippen LogP contribution < -0.4 is 10.6 Å². The number of carbonyl (C=O) groups is 1. The number of H-pyrrole nitrogens is 1. The van der Waals surface area contributed by atoms with Crippen molar-refractivity contribution in [2.24, 2.45) is 7.05 Å². The fraction of sp³-hybridized carbons (Fsp3) is 0.0741. The van der Waals surface area contributed by atoms with E-state index in [4.69, 9.17) is 0 Å². The minimum absolute atomic E-state index is 0.240. The van der Waals surface area contributed by atoms with E-state index in [2.05, 4.69) is 38.1 Å². The Morgan fingerprint density at radius 3 is 2.50 bits per heavy atom. The van der Waals surface area contributed by atoms with Crippen LogP contribution in [-0.4, -0.2) is 25.9 Å². The van der Waals surface area contributed by atoms with E-state index in [0.717, 1.165) is 39.2 Å². The summed E-state index contributed by atoms with van der Waals surface area (Å²) in [4.78, 5) is 12.5. The maximum atomic E-state index is 12.5. The average Bonchev–Trinajstić information content (AvgIpc) is 3.41. The first-order chi connectivity index (χ1) is 16.5. The monoisotopic (exact) mass is 448 g/mol. The summed E-state index contributed by atoms with van der Waals surface area (Å²) in [5.41, 5.74) is 6.73. The maximum Gasteiger partial charge on any atom is 0.276 e. The van der Waals surface area contributed by atoms with E-state index in [-0.39, 0.29) is 5.91 Å². The number of nitrogens with one attached hydrogen (secondary N) is 3. The van der Waals surface area contributed by atoms with Crippen LogP contribution in [0.2, 0.25) is 0 Å². The molecule has 0 radical (unpaired) electrons. The summed E-state index contributed by atoms with van der Waals surface area (Å²) in [7, 11) is 1.82. The summed E-state index contributed by atoms with van der Waals surface area (Å²) in [6.45, 7) is 1.91. The second kappa shape index (κ2) is 9.07. The lowest BCUT2D eigenvalue weighted by Crippen LogP contribution is -2.13. The number of nitrogens with zero attached hydrogens (tertiary/aromatic N) is 3. The van der Waals surface area contributed by atoms with Crippen LogP contribution in [0, 0.1) is 6.92 Å². The molecule has 2 aromatic heterocycles. The highest BCUT2D eigenvalue weighted by Crippen LogP contribution is 2.25. The van der Waals surface area contributed by atoms with Gasteiger partial charge in [0.25, 0.3) is 5.91 Å². The number of aromatic nitrogens is 4. The number of anilines is 3. The number of hydrogen-bond acceptors (Lipinski definition) is 4. The van der Waals surface area contributed by atoms with E-state index in [1.165, 1.54) is 0 Å². The molecule has 0 fully saturated rings. The molecule has 0 unspecified atom stereocenters. The second-order valence-corrected chi connectivity index (χ2v) is 8.07. The number of rotatable bonds is 6. The van der Waals surface area contributed by atoms with Crippen molar-refractivity contribution in [2.45, 2.75) is 6.92 Å². The lowest BCUT2D eigenvalue weighted by molar-refractivity contribution is 0.102. The van der Waals surface area contributed by atoms with E-state index in [0.29, 0.717) is 11.4 Å². The molecule has 7 nitrogen and oxygen atoms in total. The van der Waals surface area contributed by atoms with Gasteiger partial charge in [-0.2, -0.15) is 10.2 Å². The van der Waals surface area contributed by atoms with Gasteiger partial charge in [0.1, 0.15) is 0 Å². The molecule has 0 aliphatic heterocycles. The molecule has 1 amide bonds. The van der Waals surface area contributed by atoms with Crippen molar-refractivity contribution in [3.05, 3.63) is 102 Å². The molecule has 2 heterocycles. The largest absolute Gasteiger partial charge is 0.355 e. The van der Waals surface area contributed by atoms with Crippen LogP contribution in [0.3, 0.4) is 0 Å². The Labute approximate surface area is 197 Å². The first-order valence-corrected chi connectivity index (χ1v) is 11.0. The molecular weight excluding hydrogens is 424 g/mol. The molecule has 34 heavy (non-hydrogen) atoms. The Hall–Kier alpha value is -4.65. The van der Waals surface area contributed by atoms with Crippen molar-refractivity contribution in [1.82, 2.24) is 20.0 Å². The van der Waals surface area contributed by atoms with Crippen LogP contribution in [0.15, 0.2) is 78.9 Å². The molecule has 0 bridgehead atoms. The van der Waals surface area contributed by atoms with Gasteiger partial charge in [-0.1, -0.05) is 42.5 Å². The Morgan fingerprint density at radius 2 is 1.71 bits per heavy atom. The Kier molecular flexibility index (Phi) is 5.66. The molecule has 0 saturated carbocycles. The lowest BCUT2D eigenvalue weighted by Gasteiger charge is -2.09. The zero-order valence-corrected chi connectivity index (χ0v) is 18.9. The zero-order valence-electron chi connectivity index (χ0n) is 18.9. The summed E-state index contributed by atoms with van der Waals surface area (Å²) >= 11 is 0. The third-order valence-corrected chi connectivity index (χ3v) is 5.58. The minimum Gasteiger partial charge on any atom is -0.355 e. The van der Waals surface area contributed by atoms with Gasteiger partial charge in [0.15, 0.2) is 5.69 Å². The van der Waals surface area contributed by atoms with Crippen LogP contribution in [-0.2, 0) is 7.05 Å². The molecule has 7 heteroatoms. The number of carbonyl (C=O) groups excluding carboxylic acids is 1. The molecular formula is C27H24N6O. The van der Waals surface area contributed by atoms with Crippen molar-refractivity contribution >= 4 is 46.0 Å². The average molecular weight is 449 g/mol. The van der Waals surface area contributed by atoms with Gasteiger partial charge >= 0.3 is 0 Å². The first kappa shape index (κ1) is 21.2. The van der Waals surface area contributed by atoms with Crippen molar-refractivity contribution in [3.63, 3.8) is 0 Å². The highest BCUT2D eigenvalue weighted by molar-refractivity contribution is 6.03. The van der Waals surface area contributed by atoms with E-state index >= 15 is 0 Å². The van der Waals surface area contributed by atoms with E-state index in [9.17, 15) is 4.79 Å². The topological polar surface area (TPSA) is 87.6 Å². The number of benzene rings is 3. The molecule has 0 aliphatic rings. The molecule has 0 aliphatic carbocycles. The highest BCUT2D eigenvalue weighted by Gasteiger charge is 2.11. The summed E-state index contributed by atoms with van der Waals surface area (Å²) < 4.78 is 1.68. The van der Waals surface area contributed by atoms with Gasteiger partial charge in [0, 0.05) is 35.2 Å². The number of fused-ring (bicyclic) bond motifs is 1. The Morgan fingerprint density at radius 1 is 0.912 bits per heavy atom. The van der Waals surface area contributed by atoms with Crippen LogP contribution >= 0.6 is 0 Å². The van der Waals surface area contributed by atoms with Crippen LogP contribution in [0.5, 0.6) is 0 Å². The maximum absolute atomic E-state index is 12.5. The molecule has 5 rings (SSSR count). The number of amides is 1. The second-order valence-electron chi connectivity index (χ2n) is 8.07. The third-order valence-electron chi connectivity index (χ3n) is 5.58. The first-order valence-electron chi connectivity index (χ1n) is 11.0. The van der Waals surface area contributed by atoms with Gasteiger partial charge in [0.2, 0.25) is 0 Å². The van der Waals surface area contributed by atoms with Gasteiger partial charge in [-0.15, -0.1) is 0 Å². The van der Waals surface area contributed by atoms with Gasteiger partial charge in [-0.05, 0) is 61.0 Å². The Bertz CT molecular complexity index is 1480. The van der Waals surface area contributed by atoms with Crippen molar-refractivity contribution in [1.29, 1.82) is 0 Å². The van der Waals surface area contributed by atoms with Crippen LogP contribution in [0.1, 0.15) is 27.4 Å². The predicted molar refractivity (Wildman–Crippen MR) is 137 cm³/mol. The van der Waals surface area contributed by atoms with Gasteiger partial charge in [-0.25, -0.2) is 0 Å². The van der Waals surface area contributed by atoms with Crippen molar-refractivity contribution in [3.8, 4) is 0 Å². The smallest absolute Gasteiger partial charge is 0.276 e. The van der Waals surface area contributed by atoms with Gasteiger partial charge < -0.3 is 10.6 Å². The quantitative estimate of drug-likeness (QED) is 0.308. The SMILES string of the molecule is Cc1cc(C(=O)Nc2cccc(Nc3ccc4c(/C=C/c5ccccc5)n[nH]c4c3)c2)nn1C. The van der Waals surface area contributed by atoms with Gasteiger partial charge in [-0.3, -0.25) is 14.6 Å². The molecule has 0 saturated heterocycles. The number of aryl methyl sites for hydroxylation is 2. The molecule has 3 N–H and O–H groups in total. The van der Waals surface area contributed by atoms with E-state index in [1.54, 1.807) is 10.7 Å². The third kappa shape index (κ3) is 4.59. The molecule has 3 aromatic carbocycles. The fourth-order valence-corrected chi connectivity index (χ4v) is 3.69. The van der Waals surface area contributed by atoms with Gasteiger partial charge in [0.05, 0.1) is 11.2 Å². The van der Waals surface area contributed by atoms with Crippen LogP contribution in [0.25, 0.3) is 23.1 Å². The van der Waals surface area contributed by atoms with E-state index < -0.39 is 0 Å². The lowest BCUT2D eigenvalue weighted by atomic mass is 10.1. The molecule has 0 spiro atoms. The molecule has 168 valence electrons. The number of hydrogen-bond donors (Lipinski definition) is 3. The summed E-state index contributed by atoms with van der Waals surface area (Å²) in [6, 6.07) is 25.6. The van der Waals surface area contributed by atoms with Crippen molar-refractivity contribution < 1.29 is 4.79 Å². The molecule has 5 aromatic rings. The fourth-order valence-electron chi connectivity index (χ4n) is 3.69.